The van der Waals surface area contributed by atoms with Crippen molar-refractivity contribution in [3.05, 3.63) is 0 Å². The van der Waals surface area contributed by atoms with Gasteiger partial charge in [0, 0.05) is 72.7 Å². The van der Waals surface area contributed by atoms with Crippen LogP contribution in [0.25, 0.3) is 0 Å². The summed E-state index contributed by atoms with van der Waals surface area (Å²) in [5.41, 5.74) is 9.22. The van der Waals surface area contributed by atoms with E-state index in [1.807, 2.05) is 194 Å². The fourth-order valence-electron chi connectivity index (χ4n) is 4.77. The molecule has 0 aliphatic rings. The van der Waals surface area contributed by atoms with Crippen LogP contribution in [0.2, 0.25) is 0 Å². The molecule has 110 heavy (non-hydrogen) atoms. The van der Waals surface area contributed by atoms with Crippen molar-refractivity contribution in [2.45, 2.75) is 372 Å². The van der Waals surface area contributed by atoms with Crippen molar-refractivity contribution in [3.8, 4) is 131 Å². The van der Waals surface area contributed by atoms with Gasteiger partial charge in [-0.2, -0.15) is 0 Å². The number of aliphatic hydroxyl groups is 6. The van der Waals surface area contributed by atoms with Crippen molar-refractivity contribution in [1.82, 2.24) is 15.1 Å². The van der Waals surface area contributed by atoms with Gasteiger partial charge in [0.15, 0.2) is 0 Å². The van der Waals surface area contributed by atoms with Gasteiger partial charge in [0.05, 0.1) is 36.9 Å². The van der Waals surface area contributed by atoms with Crippen LogP contribution in [-0.4, -0.2) is 142 Å². The van der Waals surface area contributed by atoms with E-state index in [0.717, 1.165) is 19.6 Å². The lowest BCUT2D eigenvalue weighted by Crippen LogP contribution is -2.41. The molecule has 4 atom stereocenters. The molecule has 11 N–H and O–H groups in total. The van der Waals surface area contributed by atoms with E-state index >= 15 is 0 Å². The van der Waals surface area contributed by atoms with E-state index in [1.165, 1.54) is 0 Å². The van der Waals surface area contributed by atoms with Crippen LogP contribution < -0.4 is 16.8 Å². The molecule has 0 fully saturated rings. The third kappa shape index (κ3) is 141. The second kappa shape index (κ2) is 60.3. The highest BCUT2D eigenvalue weighted by molar-refractivity contribution is 5.21. The summed E-state index contributed by atoms with van der Waals surface area (Å²) in [5, 5.41) is 58.1. The molecule has 638 valence electrons. The van der Waals surface area contributed by atoms with Gasteiger partial charge in [-0.05, 0) is 330 Å². The normalized spacial score (nSPS) is 12.7. The quantitative estimate of drug-likeness (QED) is 0.0895. The van der Waals surface area contributed by atoms with E-state index in [0.29, 0.717) is 12.8 Å². The standard InChI is InChI=1S/C13H26N2.2C11H20O.2C10H18O.2C9H17N.C8H15NO.C7H12.C6H10.C5H8O/c1-12(2,3)8-9-13(4,5)14-10-11-15(6)7;1-9(2)11(6,12)8-7-10(3,4)5;1-6-11(12,7-2)9-8-10(3,4)5;1-9(2,3)6-7-10(4,5)8-11;1-8(2)9(11)6-7-10(3,4)5;1-9(2,3)7-6-8-10(4)5;1-8(2,3)6-7-9(4,5)10;1-8(2,3)5-4-7(9)6-10;1-5-6-7(2,3)4;1-5-6(2,3)4;1-3-4-5(2)6/h14H,10-11H2,1-7H3;9,12H,1-6H3;12H,6-7H2,1-5H3;11H,8H2,1-5H3;8-9,11H,1-5H3;8H2,1-5H3;10H2,1-5H3;7,10H,6,9H2,1-3H3;1-4H3;1H,2-4H3;5-6H,1-2H3/t;;;;;;;7-;;;5-/m.......1..0/s1. The Labute approximate surface area is 688 Å². The Morgan fingerprint density at radius 3 is 0.964 bits per heavy atom. The first-order chi connectivity index (χ1) is 48.2. The van der Waals surface area contributed by atoms with Crippen LogP contribution in [0.15, 0.2) is 0 Å². The van der Waals surface area contributed by atoms with Gasteiger partial charge in [0.1, 0.15) is 23.4 Å². The fourth-order valence-corrected chi connectivity index (χ4v) is 4.77. The van der Waals surface area contributed by atoms with Crippen LogP contribution in [0.3, 0.4) is 0 Å². The number of aliphatic hydroxyl groups excluding tert-OH is 4. The second-order valence-electron chi connectivity index (χ2n) is 41.1. The zero-order chi connectivity index (χ0) is 91.0. The molecular weight excluding hydrogens is 1360 g/mol. The molecule has 2 unspecified atom stereocenters. The molecule has 0 bridgehead atoms. The summed E-state index contributed by atoms with van der Waals surface area (Å²) in [5.74, 6) is 62.5. The van der Waals surface area contributed by atoms with Crippen LogP contribution in [0, 0.1) is 202 Å². The number of rotatable bonds is 11. The molecule has 0 aromatic carbocycles. The fraction of sp³-hybridized carbons (Fsp3) is 0.778. The molecule has 11 nitrogen and oxygen atoms in total. The van der Waals surface area contributed by atoms with Gasteiger partial charge in [0.25, 0.3) is 0 Å². The zero-order valence-electron chi connectivity index (χ0n) is 81.6. The monoisotopic (exact) mass is 1540 g/mol. The first-order valence-corrected chi connectivity index (χ1v) is 39.4. The van der Waals surface area contributed by atoms with Gasteiger partial charge in [-0.15, -0.1) is 24.2 Å². The Morgan fingerprint density at radius 2 is 0.736 bits per heavy atom. The maximum Gasteiger partial charge on any atom is 0.125 e. The molecule has 0 spiro atoms. The molecule has 0 saturated heterocycles. The molecule has 0 aliphatic carbocycles. The molecule has 0 radical (unpaired) electrons. The molecule has 0 amide bonds. The molecule has 0 aromatic heterocycles. The number of nitrogens with zero attached hydrogens (tertiary/aromatic N) is 2. The molecule has 0 aliphatic heterocycles. The topological polar surface area (TPSA) is 192 Å². The van der Waals surface area contributed by atoms with Gasteiger partial charge in [-0.1, -0.05) is 148 Å². The summed E-state index contributed by atoms with van der Waals surface area (Å²) in [6.45, 7) is 95.5. The molecular formula is C99H181N5O6. The first-order valence-electron chi connectivity index (χ1n) is 39.4. The van der Waals surface area contributed by atoms with Crippen molar-refractivity contribution in [2.75, 3.05) is 61.0 Å². The number of likely N-dealkylation sites (N-methyl/N-ethyl adjacent to an activating group) is 1. The lowest BCUT2D eigenvalue weighted by atomic mass is 9.90. The highest BCUT2D eigenvalue weighted by Gasteiger charge is 2.23. The van der Waals surface area contributed by atoms with E-state index in [1.54, 1.807) is 20.8 Å². The average molecular weight is 1540 g/mol. The number of nitrogens with one attached hydrogen (secondary N) is 1. The Kier molecular flexibility index (Phi) is 70.3. The van der Waals surface area contributed by atoms with Crippen molar-refractivity contribution < 1.29 is 30.6 Å². The average Bonchev–Trinajstić information content (AvgIpc) is 0.902. The SMILES string of the molecule is C#CC(C)(C)C.CC#CC(C)(C)C.CC#C[C@H](C)O.CC(C)(C)C#CC(C)(C)CO.CC(C)(C)C#CC(C)(C)N.CC(C)(C)C#C[C@@H](N)CO.CC(C)C(C)(O)C#CC(C)(C)C.CC(C)C(O)C#CC(C)(C)C.CCC(O)(C#CC(C)(C)C)CC.CN(C)CC#CC(C)(C)C.CN(C)CCNC(C)(C)C#CC(C)(C)C. The predicted octanol–water partition coefficient (Wildman–Crippen LogP) is 18.9. The first kappa shape index (κ1) is 128. The van der Waals surface area contributed by atoms with E-state index in [9.17, 15) is 15.3 Å². The minimum Gasteiger partial charge on any atom is -0.395 e. The van der Waals surface area contributed by atoms with Crippen LogP contribution >= 0.6 is 0 Å². The minimum atomic E-state index is -0.854. The van der Waals surface area contributed by atoms with E-state index in [-0.39, 0.29) is 102 Å². The van der Waals surface area contributed by atoms with Crippen LogP contribution in [0.4, 0.5) is 0 Å². The van der Waals surface area contributed by atoms with Crippen molar-refractivity contribution in [2.24, 2.45) is 82.9 Å². The molecule has 0 saturated carbocycles. The molecule has 0 heterocycles. The zero-order valence-corrected chi connectivity index (χ0v) is 81.6. The third-order valence-corrected chi connectivity index (χ3v) is 11.7. The van der Waals surface area contributed by atoms with E-state index in [2.05, 4.69) is 271 Å². The van der Waals surface area contributed by atoms with E-state index in [4.69, 9.17) is 33.2 Å². The summed E-state index contributed by atoms with van der Waals surface area (Å²) in [6.07, 6.45) is 5.52. The van der Waals surface area contributed by atoms with Gasteiger partial charge < -0.3 is 52.3 Å². The Morgan fingerprint density at radius 1 is 0.409 bits per heavy atom. The van der Waals surface area contributed by atoms with Gasteiger partial charge in [-0.3, -0.25) is 4.90 Å². The summed E-state index contributed by atoms with van der Waals surface area (Å²) >= 11 is 0. The highest BCUT2D eigenvalue weighted by atomic mass is 16.3. The lowest BCUT2D eigenvalue weighted by Gasteiger charge is -2.22. The maximum atomic E-state index is 9.82. The highest BCUT2D eigenvalue weighted by Crippen LogP contribution is 2.21. The lowest BCUT2D eigenvalue weighted by molar-refractivity contribution is 0.0722. The minimum absolute atomic E-state index is 0.00410. The predicted molar refractivity (Wildman–Crippen MR) is 489 cm³/mol. The summed E-state index contributed by atoms with van der Waals surface area (Å²) < 4.78 is 0. The number of hydrogen-bond donors (Lipinski definition) is 9. The van der Waals surface area contributed by atoms with Gasteiger partial charge in [-0.25, -0.2) is 0 Å². The number of terminal acetylenes is 1. The van der Waals surface area contributed by atoms with Crippen molar-refractivity contribution in [3.63, 3.8) is 0 Å². The third-order valence-electron chi connectivity index (χ3n) is 11.7. The summed E-state index contributed by atoms with van der Waals surface area (Å²) in [4.78, 5) is 4.24. The van der Waals surface area contributed by atoms with Crippen molar-refractivity contribution >= 4 is 0 Å². The molecule has 0 rings (SSSR count). The Hall–Kier alpha value is -5.28. The van der Waals surface area contributed by atoms with Crippen molar-refractivity contribution in [1.29, 1.82) is 0 Å². The number of hydrogen-bond acceptors (Lipinski definition) is 11. The summed E-state index contributed by atoms with van der Waals surface area (Å²) in [7, 11) is 8.21. The van der Waals surface area contributed by atoms with Crippen LogP contribution in [0.1, 0.15) is 331 Å². The second-order valence-corrected chi connectivity index (χ2v) is 41.1. The number of nitrogens with two attached hydrogens (primary N) is 2. The molecule has 0 aromatic rings. The van der Waals surface area contributed by atoms with E-state index < -0.39 is 23.4 Å². The Bertz CT molecular complexity index is 3060. The van der Waals surface area contributed by atoms with Gasteiger partial charge >= 0.3 is 0 Å². The summed E-state index contributed by atoms with van der Waals surface area (Å²) in [6, 6.07) is -0.390. The van der Waals surface area contributed by atoms with Gasteiger partial charge in [0.2, 0.25) is 0 Å². The molecule has 11 heteroatoms. The smallest absolute Gasteiger partial charge is 0.125 e. The maximum absolute atomic E-state index is 9.82. The van der Waals surface area contributed by atoms with Crippen LogP contribution in [0.5, 0.6) is 0 Å². The van der Waals surface area contributed by atoms with Crippen LogP contribution in [-0.2, 0) is 0 Å². The largest absolute Gasteiger partial charge is 0.395 e. The Balaban J connectivity index is -0.000000110.